The van der Waals surface area contributed by atoms with E-state index < -0.39 is 0 Å². The molecule has 0 heterocycles. The van der Waals surface area contributed by atoms with Gasteiger partial charge in [0.2, 0.25) is 11.8 Å². The van der Waals surface area contributed by atoms with Gasteiger partial charge in [0.1, 0.15) is 0 Å². The Bertz CT molecular complexity index is 609. The Morgan fingerprint density at radius 3 is 2.19 bits per heavy atom. The lowest BCUT2D eigenvalue weighted by Crippen LogP contribution is -2.48. The molecule has 26 heavy (non-hydrogen) atoms. The minimum atomic E-state index is -0.251. The van der Waals surface area contributed by atoms with Gasteiger partial charge < -0.3 is 21.3 Å². The SMILES string of the molecule is CN=C(NCCc1ccc(NC(C)=O)cc1)NCC(=O)NC(C)(C)C.I. The third-order valence-electron chi connectivity index (χ3n) is 3.13. The van der Waals surface area contributed by atoms with Gasteiger partial charge in [-0.15, -0.1) is 24.0 Å². The van der Waals surface area contributed by atoms with Gasteiger partial charge in [-0.3, -0.25) is 14.6 Å². The Balaban J connectivity index is 0.00000625. The number of nitrogens with zero attached hydrogens (tertiary/aromatic N) is 1. The predicted octanol–water partition coefficient (Wildman–Crippen LogP) is 1.89. The molecule has 0 saturated carbocycles. The molecule has 1 aromatic carbocycles. The summed E-state index contributed by atoms with van der Waals surface area (Å²) in [5.41, 5.74) is 1.67. The highest BCUT2D eigenvalue weighted by molar-refractivity contribution is 14.0. The first-order chi connectivity index (χ1) is 11.7. The van der Waals surface area contributed by atoms with Gasteiger partial charge >= 0.3 is 0 Å². The minimum Gasteiger partial charge on any atom is -0.356 e. The van der Waals surface area contributed by atoms with Crippen molar-refractivity contribution in [2.45, 2.75) is 39.7 Å². The van der Waals surface area contributed by atoms with Crippen LogP contribution < -0.4 is 21.3 Å². The van der Waals surface area contributed by atoms with Crippen LogP contribution in [0.15, 0.2) is 29.3 Å². The van der Waals surface area contributed by atoms with E-state index in [2.05, 4.69) is 26.3 Å². The summed E-state index contributed by atoms with van der Waals surface area (Å²) in [7, 11) is 1.67. The number of halogens is 1. The van der Waals surface area contributed by atoms with Gasteiger partial charge in [-0.25, -0.2) is 0 Å². The number of anilines is 1. The monoisotopic (exact) mass is 475 g/mol. The third kappa shape index (κ3) is 10.9. The smallest absolute Gasteiger partial charge is 0.239 e. The van der Waals surface area contributed by atoms with Crippen molar-refractivity contribution in [2.75, 3.05) is 25.5 Å². The van der Waals surface area contributed by atoms with Gasteiger partial charge in [0.15, 0.2) is 5.96 Å². The molecule has 2 amide bonds. The van der Waals surface area contributed by atoms with E-state index in [-0.39, 0.29) is 47.9 Å². The lowest BCUT2D eigenvalue weighted by atomic mass is 10.1. The normalized spacial score (nSPS) is 11.2. The largest absolute Gasteiger partial charge is 0.356 e. The highest BCUT2D eigenvalue weighted by Gasteiger charge is 2.13. The molecule has 0 aromatic heterocycles. The highest BCUT2D eigenvalue weighted by atomic mass is 127. The molecule has 0 atom stereocenters. The van der Waals surface area contributed by atoms with E-state index in [1.807, 2.05) is 45.0 Å². The molecule has 7 nitrogen and oxygen atoms in total. The Hall–Kier alpha value is -1.84. The number of hydrogen-bond acceptors (Lipinski definition) is 3. The summed E-state index contributed by atoms with van der Waals surface area (Å²) in [4.78, 5) is 26.9. The quantitative estimate of drug-likeness (QED) is 0.287. The number of carbonyl (C=O) groups excluding carboxylic acids is 2. The van der Waals surface area contributed by atoms with E-state index >= 15 is 0 Å². The van der Waals surface area contributed by atoms with Crippen LogP contribution in [0.4, 0.5) is 5.69 Å². The Labute approximate surface area is 172 Å². The van der Waals surface area contributed by atoms with Gasteiger partial charge in [0, 0.05) is 31.7 Å². The lowest BCUT2D eigenvalue weighted by Gasteiger charge is -2.21. The molecule has 1 aromatic rings. The predicted molar refractivity (Wildman–Crippen MR) is 117 cm³/mol. The van der Waals surface area contributed by atoms with Crippen LogP contribution in [0, 0.1) is 0 Å². The number of hydrogen-bond donors (Lipinski definition) is 4. The second-order valence-electron chi connectivity index (χ2n) is 6.78. The Morgan fingerprint density at radius 2 is 1.69 bits per heavy atom. The Kier molecular flexibility index (Phi) is 10.9. The van der Waals surface area contributed by atoms with Crippen LogP contribution in [-0.4, -0.2) is 43.5 Å². The molecular formula is C18H30IN5O2. The van der Waals surface area contributed by atoms with Crippen LogP contribution in [0.2, 0.25) is 0 Å². The zero-order valence-electron chi connectivity index (χ0n) is 16.1. The molecule has 0 fully saturated rings. The lowest BCUT2D eigenvalue weighted by molar-refractivity contribution is -0.121. The summed E-state index contributed by atoms with van der Waals surface area (Å²) in [6, 6.07) is 7.70. The standard InChI is InChI=1S/C18H29N5O2.HI/c1-13(24)22-15-8-6-14(7-9-15)10-11-20-17(19-5)21-12-16(25)23-18(2,3)4;/h6-9H,10-12H2,1-5H3,(H,22,24)(H,23,25)(H2,19,20,21);1H. The molecule has 0 aliphatic heterocycles. The molecule has 0 bridgehead atoms. The Morgan fingerprint density at radius 1 is 1.08 bits per heavy atom. The van der Waals surface area contributed by atoms with Gasteiger partial charge in [-0.05, 0) is 44.9 Å². The summed E-state index contributed by atoms with van der Waals surface area (Å²) in [5, 5.41) is 11.8. The highest BCUT2D eigenvalue weighted by Crippen LogP contribution is 2.09. The van der Waals surface area contributed by atoms with Crippen molar-refractivity contribution in [3.8, 4) is 0 Å². The fourth-order valence-corrected chi connectivity index (χ4v) is 2.13. The van der Waals surface area contributed by atoms with E-state index in [1.54, 1.807) is 7.05 Å². The van der Waals surface area contributed by atoms with Crippen molar-refractivity contribution >= 4 is 47.4 Å². The number of aliphatic imine (C=N–C) groups is 1. The molecule has 0 saturated heterocycles. The van der Waals surface area contributed by atoms with Gasteiger partial charge in [0.25, 0.3) is 0 Å². The van der Waals surface area contributed by atoms with E-state index in [0.717, 1.165) is 17.7 Å². The molecule has 0 spiro atoms. The maximum absolute atomic E-state index is 11.8. The first-order valence-corrected chi connectivity index (χ1v) is 8.31. The van der Waals surface area contributed by atoms with Crippen LogP contribution in [0.25, 0.3) is 0 Å². The summed E-state index contributed by atoms with van der Waals surface area (Å²) >= 11 is 0. The molecule has 146 valence electrons. The second kappa shape index (κ2) is 11.7. The zero-order chi connectivity index (χ0) is 18.9. The van der Waals surface area contributed by atoms with Gasteiger partial charge in [-0.1, -0.05) is 12.1 Å². The number of rotatable bonds is 6. The van der Waals surface area contributed by atoms with Crippen molar-refractivity contribution in [3.05, 3.63) is 29.8 Å². The third-order valence-corrected chi connectivity index (χ3v) is 3.13. The average molecular weight is 475 g/mol. The summed E-state index contributed by atoms with van der Waals surface area (Å²) in [6.07, 6.45) is 0.801. The number of nitrogens with one attached hydrogen (secondary N) is 4. The maximum atomic E-state index is 11.8. The van der Waals surface area contributed by atoms with Crippen LogP contribution in [0.5, 0.6) is 0 Å². The fraction of sp³-hybridized carbons (Fsp3) is 0.500. The fourth-order valence-electron chi connectivity index (χ4n) is 2.13. The van der Waals surface area contributed by atoms with E-state index in [9.17, 15) is 9.59 Å². The molecule has 4 N–H and O–H groups in total. The van der Waals surface area contributed by atoms with Crippen molar-refractivity contribution in [2.24, 2.45) is 4.99 Å². The van der Waals surface area contributed by atoms with E-state index in [1.165, 1.54) is 6.92 Å². The average Bonchev–Trinajstić information content (AvgIpc) is 2.50. The van der Waals surface area contributed by atoms with E-state index in [0.29, 0.717) is 12.5 Å². The van der Waals surface area contributed by atoms with Crippen LogP contribution in [0.3, 0.4) is 0 Å². The second-order valence-corrected chi connectivity index (χ2v) is 6.78. The molecule has 8 heteroatoms. The molecular weight excluding hydrogens is 445 g/mol. The van der Waals surface area contributed by atoms with Crippen LogP contribution in [0.1, 0.15) is 33.3 Å². The van der Waals surface area contributed by atoms with Crippen molar-refractivity contribution < 1.29 is 9.59 Å². The first kappa shape index (κ1) is 24.2. The minimum absolute atomic E-state index is 0. The number of carbonyl (C=O) groups is 2. The van der Waals surface area contributed by atoms with Crippen molar-refractivity contribution in [1.82, 2.24) is 16.0 Å². The molecule has 0 radical (unpaired) electrons. The number of benzene rings is 1. The maximum Gasteiger partial charge on any atom is 0.239 e. The van der Waals surface area contributed by atoms with Gasteiger partial charge in [0.05, 0.1) is 6.54 Å². The topological polar surface area (TPSA) is 94.6 Å². The first-order valence-electron chi connectivity index (χ1n) is 8.31. The van der Waals surface area contributed by atoms with Crippen molar-refractivity contribution in [3.63, 3.8) is 0 Å². The van der Waals surface area contributed by atoms with Crippen LogP contribution in [-0.2, 0) is 16.0 Å². The summed E-state index contributed by atoms with van der Waals surface area (Å²) < 4.78 is 0. The van der Waals surface area contributed by atoms with Crippen LogP contribution >= 0.6 is 24.0 Å². The number of amides is 2. The molecule has 1 rings (SSSR count). The molecule has 0 aliphatic rings. The van der Waals surface area contributed by atoms with Crippen molar-refractivity contribution in [1.29, 1.82) is 0 Å². The molecule has 0 aliphatic carbocycles. The van der Waals surface area contributed by atoms with Gasteiger partial charge in [-0.2, -0.15) is 0 Å². The summed E-state index contributed by atoms with van der Waals surface area (Å²) in [5.74, 6) is 0.419. The molecule has 0 unspecified atom stereocenters. The summed E-state index contributed by atoms with van der Waals surface area (Å²) in [6.45, 7) is 8.15. The van der Waals surface area contributed by atoms with E-state index in [4.69, 9.17) is 0 Å². The number of guanidine groups is 1. The zero-order valence-corrected chi connectivity index (χ0v) is 18.4.